The summed E-state index contributed by atoms with van der Waals surface area (Å²) in [6, 6.07) is 8.39. The van der Waals surface area contributed by atoms with Crippen LogP contribution in [0.4, 0.5) is 0 Å². The smallest absolute Gasteiger partial charge is 0.148 e. The summed E-state index contributed by atoms with van der Waals surface area (Å²) in [6.45, 7) is 9.04. The molecule has 0 spiro atoms. The fourth-order valence-electron chi connectivity index (χ4n) is 2.09. The standard InChI is InChI=1S/C15H18BrNO/c1-4-17-13(8-10(2)3)14-9-11-6-5-7-12(16)15(11)18-14/h5-7,9,13,17H,2,4,8H2,1,3H3. The summed E-state index contributed by atoms with van der Waals surface area (Å²) in [4.78, 5) is 0. The highest BCUT2D eigenvalue weighted by molar-refractivity contribution is 9.10. The number of para-hydroxylation sites is 1. The third-order valence-corrected chi connectivity index (χ3v) is 3.49. The number of furan rings is 1. The van der Waals surface area contributed by atoms with Crippen LogP contribution in [0.2, 0.25) is 0 Å². The SMILES string of the molecule is C=C(C)CC(NCC)c1cc2cccc(Br)c2o1. The summed E-state index contributed by atoms with van der Waals surface area (Å²) in [5.41, 5.74) is 2.07. The number of benzene rings is 1. The molecular weight excluding hydrogens is 290 g/mol. The first-order valence-corrected chi connectivity index (χ1v) is 6.96. The molecule has 2 nitrogen and oxygen atoms in total. The van der Waals surface area contributed by atoms with E-state index in [-0.39, 0.29) is 6.04 Å². The van der Waals surface area contributed by atoms with Gasteiger partial charge in [0.25, 0.3) is 0 Å². The Morgan fingerprint density at radius 3 is 2.89 bits per heavy atom. The summed E-state index contributed by atoms with van der Waals surface area (Å²) in [5.74, 6) is 0.974. The normalized spacial score (nSPS) is 12.8. The van der Waals surface area contributed by atoms with Crippen molar-refractivity contribution in [2.45, 2.75) is 26.3 Å². The van der Waals surface area contributed by atoms with E-state index >= 15 is 0 Å². The number of rotatable bonds is 5. The molecule has 0 saturated carbocycles. The van der Waals surface area contributed by atoms with Gasteiger partial charge in [-0.25, -0.2) is 0 Å². The van der Waals surface area contributed by atoms with Crippen molar-refractivity contribution in [3.8, 4) is 0 Å². The van der Waals surface area contributed by atoms with E-state index in [0.29, 0.717) is 0 Å². The molecule has 0 amide bonds. The first-order valence-electron chi connectivity index (χ1n) is 6.17. The van der Waals surface area contributed by atoms with Crippen molar-refractivity contribution < 1.29 is 4.42 Å². The molecule has 2 aromatic rings. The summed E-state index contributed by atoms with van der Waals surface area (Å²) in [7, 11) is 0. The van der Waals surface area contributed by atoms with Gasteiger partial charge in [-0.15, -0.1) is 6.58 Å². The Morgan fingerprint density at radius 1 is 1.50 bits per heavy atom. The molecule has 0 aliphatic heterocycles. The molecule has 1 unspecified atom stereocenters. The maximum atomic E-state index is 5.96. The van der Waals surface area contributed by atoms with Gasteiger partial charge in [0.2, 0.25) is 0 Å². The van der Waals surface area contributed by atoms with E-state index in [9.17, 15) is 0 Å². The molecule has 3 heteroatoms. The molecule has 0 fully saturated rings. The molecule has 96 valence electrons. The van der Waals surface area contributed by atoms with E-state index in [1.165, 1.54) is 0 Å². The first kappa shape index (κ1) is 13.4. The fraction of sp³-hybridized carbons (Fsp3) is 0.333. The molecule has 18 heavy (non-hydrogen) atoms. The van der Waals surface area contributed by atoms with Crippen LogP contribution in [0.5, 0.6) is 0 Å². The average molecular weight is 308 g/mol. The average Bonchev–Trinajstić information content (AvgIpc) is 2.73. The minimum absolute atomic E-state index is 0.201. The Balaban J connectivity index is 2.38. The lowest BCUT2D eigenvalue weighted by Gasteiger charge is -2.15. The maximum Gasteiger partial charge on any atom is 0.148 e. The molecule has 1 heterocycles. The molecule has 1 N–H and O–H groups in total. The van der Waals surface area contributed by atoms with Crippen LogP contribution in [0.1, 0.15) is 32.1 Å². The zero-order valence-corrected chi connectivity index (χ0v) is 12.4. The minimum atomic E-state index is 0.201. The molecule has 1 aromatic carbocycles. The highest BCUT2D eigenvalue weighted by Gasteiger charge is 2.16. The van der Waals surface area contributed by atoms with E-state index in [1.807, 2.05) is 19.1 Å². The summed E-state index contributed by atoms with van der Waals surface area (Å²) < 4.78 is 6.96. The quantitative estimate of drug-likeness (QED) is 0.802. The van der Waals surface area contributed by atoms with Gasteiger partial charge in [0.05, 0.1) is 10.5 Å². The van der Waals surface area contributed by atoms with Crippen molar-refractivity contribution >= 4 is 26.9 Å². The Morgan fingerprint density at radius 2 is 2.28 bits per heavy atom. The molecule has 1 aromatic heterocycles. The van der Waals surface area contributed by atoms with Gasteiger partial charge in [-0.05, 0) is 48.0 Å². The largest absolute Gasteiger partial charge is 0.458 e. The molecule has 1 atom stereocenters. The van der Waals surface area contributed by atoms with Crippen LogP contribution in [-0.2, 0) is 0 Å². The van der Waals surface area contributed by atoms with Crippen LogP contribution in [0, 0.1) is 0 Å². The van der Waals surface area contributed by atoms with Crippen molar-refractivity contribution in [1.29, 1.82) is 0 Å². The van der Waals surface area contributed by atoms with Gasteiger partial charge >= 0.3 is 0 Å². The Labute approximate surface area is 116 Å². The molecule has 0 aliphatic carbocycles. The minimum Gasteiger partial charge on any atom is -0.458 e. The third-order valence-electron chi connectivity index (χ3n) is 2.86. The highest BCUT2D eigenvalue weighted by atomic mass is 79.9. The number of halogens is 1. The number of nitrogens with one attached hydrogen (secondary N) is 1. The van der Waals surface area contributed by atoms with Gasteiger partial charge in [0, 0.05) is 5.39 Å². The third kappa shape index (κ3) is 2.85. The lowest BCUT2D eigenvalue weighted by molar-refractivity contribution is 0.434. The van der Waals surface area contributed by atoms with Crippen molar-refractivity contribution in [1.82, 2.24) is 5.32 Å². The van der Waals surface area contributed by atoms with Crippen molar-refractivity contribution in [2.24, 2.45) is 0 Å². The summed E-state index contributed by atoms with van der Waals surface area (Å²) in [5, 5.41) is 4.57. The van der Waals surface area contributed by atoms with Gasteiger partial charge in [-0.1, -0.05) is 24.6 Å². The van der Waals surface area contributed by atoms with Gasteiger partial charge < -0.3 is 9.73 Å². The van der Waals surface area contributed by atoms with Crippen LogP contribution >= 0.6 is 15.9 Å². The van der Waals surface area contributed by atoms with Crippen LogP contribution in [-0.4, -0.2) is 6.54 Å². The lowest BCUT2D eigenvalue weighted by Crippen LogP contribution is -2.20. The van der Waals surface area contributed by atoms with Crippen LogP contribution in [0.3, 0.4) is 0 Å². The van der Waals surface area contributed by atoms with Crippen molar-refractivity contribution in [3.05, 3.63) is 46.7 Å². The predicted molar refractivity (Wildman–Crippen MR) is 79.8 cm³/mol. The highest BCUT2D eigenvalue weighted by Crippen LogP contribution is 2.31. The Hall–Kier alpha value is -1.06. The first-order chi connectivity index (χ1) is 8.61. The molecule has 0 saturated heterocycles. The molecule has 0 aliphatic rings. The van der Waals surface area contributed by atoms with Crippen molar-refractivity contribution in [2.75, 3.05) is 6.54 Å². The second-order valence-electron chi connectivity index (χ2n) is 4.58. The van der Waals surface area contributed by atoms with E-state index < -0.39 is 0 Å². The zero-order valence-electron chi connectivity index (χ0n) is 10.8. The molecule has 0 bridgehead atoms. The van der Waals surface area contributed by atoms with Crippen LogP contribution in [0.25, 0.3) is 11.0 Å². The lowest BCUT2D eigenvalue weighted by atomic mass is 10.1. The monoisotopic (exact) mass is 307 g/mol. The van der Waals surface area contributed by atoms with Gasteiger partial charge in [-0.3, -0.25) is 0 Å². The van der Waals surface area contributed by atoms with Gasteiger partial charge in [0.1, 0.15) is 11.3 Å². The van der Waals surface area contributed by atoms with Crippen LogP contribution < -0.4 is 5.32 Å². The van der Waals surface area contributed by atoms with E-state index in [0.717, 1.165) is 39.7 Å². The van der Waals surface area contributed by atoms with E-state index in [2.05, 4.69) is 46.9 Å². The summed E-state index contributed by atoms with van der Waals surface area (Å²) >= 11 is 3.52. The molecule has 2 rings (SSSR count). The predicted octanol–water partition coefficient (Wildman–Crippen LogP) is 4.81. The van der Waals surface area contributed by atoms with Gasteiger partial charge in [-0.2, -0.15) is 0 Å². The second kappa shape index (κ2) is 5.72. The summed E-state index contributed by atoms with van der Waals surface area (Å²) in [6.07, 6.45) is 0.894. The second-order valence-corrected chi connectivity index (χ2v) is 5.43. The maximum absolute atomic E-state index is 5.96. The topological polar surface area (TPSA) is 25.2 Å². The van der Waals surface area contributed by atoms with E-state index in [4.69, 9.17) is 4.42 Å². The Bertz CT molecular complexity index is 559. The molecule has 0 radical (unpaired) electrons. The van der Waals surface area contributed by atoms with E-state index in [1.54, 1.807) is 0 Å². The number of hydrogen-bond donors (Lipinski definition) is 1. The fourth-order valence-corrected chi connectivity index (χ4v) is 2.55. The Kier molecular flexibility index (Phi) is 4.25. The molecular formula is C15H18BrNO. The zero-order chi connectivity index (χ0) is 13.1. The van der Waals surface area contributed by atoms with Crippen LogP contribution in [0.15, 0.2) is 45.3 Å². The van der Waals surface area contributed by atoms with Crippen molar-refractivity contribution in [3.63, 3.8) is 0 Å². The number of fused-ring (bicyclic) bond motifs is 1. The number of hydrogen-bond acceptors (Lipinski definition) is 2. The van der Waals surface area contributed by atoms with Gasteiger partial charge in [0.15, 0.2) is 0 Å².